The molecular weight excluding hydrogens is 522 g/mol. The van der Waals surface area contributed by atoms with Crippen LogP contribution in [0.4, 0.5) is 0 Å². The third-order valence-electron chi connectivity index (χ3n) is 12.1. The van der Waals surface area contributed by atoms with Crippen molar-refractivity contribution >= 4 is 0 Å². The van der Waals surface area contributed by atoms with Crippen LogP contribution in [0.3, 0.4) is 0 Å². The monoisotopic (exact) mass is 565 g/mol. The number of rotatable bonds is 3. The minimum absolute atomic E-state index is 0.0590. The summed E-state index contributed by atoms with van der Waals surface area (Å²) in [5, 5.41) is 12.0. The van der Waals surface area contributed by atoms with Crippen molar-refractivity contribution in [2.24, 2.45) is 40.9 Å². The number of nitrogens with one attached hydrogen (secondary N) is 3. The Balaban J connectivity index is 1.15. The van der Waals surface area contributed by atoms with Gasteiger partial charge >= 0.3 is 0 Å². The summed E-state index contributed by atoms with van der Waals surface area (Å²) in [6.07, 6.45) is 30.9. The van der Waals surface area contributed by atoms with E-state index in [0.29, 0.717) is 35.5 Å². The molecule has 0 aromatic heterocycles. The summed E-state index contributed by atoms with van der Waals surface area (Å²) < 4.78 is 0. The van der Waals surface area contributed by atoms with Crippen molar-refractivity contribution in [1.29, 1.82) is 0 Å². The first-order chi connectivity index (χ1) is 21.3. The van der Waals surface area contributed by atoms with Crippen LogP contribution in [-0.2, 0) is 0 Å². The van der Waals surface area contributed by atoms with E-state index in [-0.39, 0.29) is 23.9 Å². The number of allylic oxidation sites excluding steroid dienone is 11. The van der Waals surface area contributed by atoms with E-state index in [4.69, 9.17) is 0 Å². The van der Waals surface area contributed by atoms with E-state index in [1.807, 2.05) is 0 Å². The highest BCUT2D eigenvalue weighted by Gasteiger charge is 2.68. The molecule has 0 amide bonds. The predicted molar refractivity (Wildman–Crippen MR) is 174 cm³/mol. The summed E-state index contributed by atoms with van der Waals surface area (Å²) in [6.45, 7) is 0. The maximum Gasteiger partial charge on any atom is 0.0864 e. The average molecular weight is 566 g/mol. The summed E-state index contributed by atoms with van der Waals surface area (Å²) >= 11 is 0. The van der Waals surface area contributed by atoms with E-state index in [9.17, 15) is 0 Å². The quantitative estimate of drug-likeness (QED) is 0.330. The van der Waals surface area contributed by atoms with Crippen LogP contribution >= 0.6 is 0 Å². The molecule has 1 heterocycles. The van der Waals surface area contributed by atoms with E-state index in [0.717, 1.165) is 0 Å². The Morgan fingerprint density at radius 1 is 0.628 bits per heavy atom. The third-order valence-corrected chi connectivity index (χ3v) is 12.1. The second-order valence-corrected chi connectivity index (χ2v) is 13.8. The second kappa shape index (κ2) is 10.4. The molecule has 43 heavy (non-hydrogen) atoms. The molecule has 9 unspecified atom stereocenters. The lowest BCUT2D eigenvalue weighted by atomic mass is 9.58. The van der Waals surface area contributed by atoms with Gasteiger partial charge in [-0.25, -0.2) is 0 Å². The normalized spacial score (nSPS) is 40.7. The maximum atomic E-state index is 4.05. The Kier molecular flexibility index (Phi) is 6.36. The van der Waals surface area contributed by atoms with Crippen LogP contribution in [0.15, 0.2) is 132 Å². The Bertz CT molecular complexity index is 1510. The fraction of sp³-hybridized carbons (Fsp3) is 0.400. The van der Waals surface area contributed by atoms with Crippen LogP contribution in [-0.4, -0.2) is 6.17 Å². The Morgan fingerprint density at radius 3 is 2.07 bits per heavy atom. The fourth-order valence-electron chi connectivity index (χ4n) is 10.6. The Morgan fingerprint density at radius 2 is 1.30 bits per heavy atom. The van der Waals surface area contributed by atoms with Crippen molar-refractivity contribution in [3.63, 3.8) is 0 Å². The molecule has 1 saturated heterocycles. The summed E-state index contributed by atoms with van der Waals surface area (Å²) in [6, 6.07) is 21.8. The minimum Gasteiger partial charge on any atom is -0.279 e. The van der Waals surface area contributed by atoms with Crippen molar-refractivity contribution in [2.75, 3.05) is 0 Å². The van der Waals surface area contributed by atoms with Gasteiger partial charge in [-0.05, 0) is 102 Å². The number of fused-ring (bicyclic) bond motifs is 10. The molecule has 7 aliphatic rings. The first-order valence-electron chi connectivity index (χ1n) is 16.8. The average Bonchev–Trinajstić information content (AvgIpc) is 3.56. The van der Waals surface area contributed by atoms with Gasteiger partial charge in [0.25, 0.3) is 0 Å². The zero-order chi connectivity index (χ0) is 28.4. The topological polar surface area (TPSA) is 36.1 Å². The van der Waals surface area contributed by atoms with Crippen molar-refractivity contribution in [1.82, 2.24) is 16.0 Å². The number of hydrogen-bond acceptors (Lipinski definition) is 3. The molecule has 9 atom stereocenters. The lowest BCUT2D eigenvalue weighted by Gasteiger charge is -2.46. The van der Waals surface area contributed by atoms with Crippen LogP contribution < -0.4 is 16.0 Å². The standard InChI is InChI=1S/C40H43N3/c1-3-14-26(15-4-1)37-41-38(27-16-5-2-6-17-27)43-39(42-37)31-21-13-25-35-36(31)30-20-9-12-24-34(30)40(35)32-22-10-7-18-28(32)29-19-8-11-23-33(29)40/h1-6,9-10,13-17,19-23,25,28,30,32,34-39,41-43H,7-8,11-12,18,24H2. The molecule has 9 rings (SSSR count). The van der Waals surface area contributed by atoms with Gasteiger partial charge in [-0.2, -0.15) is 0 Å². The highest BCUT2D eigenvalue weighted by atomic mass is 15.4. The van der Waals surface area contributed by atoms with Gasteiger partial charge in [-0.1, -0.05) is 115 Å². The fourth-order valence-corrected chi connectivity index (χ4v) is 10.6. The molecule has 2 aromatic carbocycles. The van der Waals surface area contributed by atoms with Gasteiger partial charge in [0.1, 0.15) is 0 Å². The summed E-state index contributed by atoms with van der Waals surface area (Å²) in [5.41, 5.74) is 7.79. The zero-order valence-electron chi connectivity index (χ0n) is 24.9. The SMILES string of the molecule is C1=CC2C(C(C3NC(c4ccccc4)NC(c4ccccc4)N3)=C1)C1C=CCCC1C21C2=CCCC=C2C2CCC=CC21. The molecular formula is C40H43N3. The van der Waals surface area contributed by atoms with Gasteiger partial charge in [-0.3, -0.25) is 16.0 Å². The molecule has 3 N–H and O–H groups in total. The smallest absolute Gasteiger partial charge is 0.0864 e. The van der Waals surface area contributed by atoms with E-state index in [1.54, 1.807) is 16.7 Å². The van der Waals surface area contributed by atoms with Gasteiger partial charge in [0.15, 0.2) is 0 Å². The Hall–Kier alpha value is -3.24. The molecule has 3 fully saturated rings. The molecule has 2 aromatic rings. The minimum atomic E-state index is 0.0590. The first-order valence-corrected chi connectivity index (χ1v) is 16.8. The van der Waals surface area contributed by atoms with Crippen LogP contribution in [0.1, 0.15) is 62.0 Å². The van der Waals surface area contributed by atoms with Gasteiger partial charge in [0.2, 0.25) is 0 Å². The van der Waals surface area contributed by atoms with Crippen LogP contribution in [0.25, 0.3) is 0 Å². The lowest BCUT2D eigenvalue weighted by Crippen LogP contribution is -2.60. The molecule has 1 spiro atoms. The molecule has 218 valence electrons. The first kappa shape index (κ1) is 26.2. The van der Waals surface area contributed by atoms with Crippen molar-refractivity contribution in [3.05, 3.63) is 143 Å². The zero-order valence-corrected chi connectivity index (χ0v) is 24.9. The summed E-state index contributed by atoms with van der Waals surface area (Å²) in [5.74, 6) is 3.57. The van der Waals surface area contributed by atoms with Gasteiger partial charge in [0.05, 0.1) is 18.5 Å². The van der Waals surface area contributed by atoms with Gasteiger partial charge in [0, 0.05) is 5.41 Å². The molecule has 6 aliphatic carbocycles. The number of hydrogen-bond donors (Lipinski definition) is 3. The predicted octanol–water partition coefficient (Wildman–Crippen LogP) is 8.05. The van der Waals surface area contributed by atoms with Gasteiger partial charge in [-0.15, -0.1) is 0 Å². The van der Waals surface area contributed by atoms with Crippen LogP contribution in [0.2, 0.25) is 0 Å². The molecule has 2 saturated carbocycles. The highest BCUT2D eigenvalue weighted by molar-refractivity contribution is 5.55. The van der Waals surface area contributed by atoms with E-state index in [2.05, 4.69) is 131 Å². The van der Waals surface area contributed by atoms with Crippen LogP contribution in [0, 0.1) is 40.9 Å². The van der Waals surface area contributed by atoms with E-state index >= 15 is 0 Å². The second-order valence-electron chi connectivity index (χ2n) is 13.8. The highest BCUT2D eigenvalue weighted by Crippen LogP contribution is 2.74. The third kappa shape index (κ3) is 3.91. The van der Waals surface area contributed by atoms with Gasteiger partial charge < -0.3 is 0 Å². The summed E-state index contributed by atoms with van der Waals surface area (Å²) in [4.78, 5) is 0. The molecule has 0 bridgehead atoms. The van der Waals surface area contributed by atoms with E-state index < -0.39 is 0 Å². The van der Waals surface area contributed by atoms with Crippen molar-refractivity contribution < 1.29 is 0 Å². The lowest BCUT2D eigenvalue weighted by molar-refractivity contribution is 0.120. The maximum absolute atomic E-state index is 4.05. The van der Waals surface area contributed by atoms with Crippen molar-refractivity contribution in [2.45, 2.75) is 57.0 Å². The molecule has 1 aliphatic heterocycles. The molecule has 0 radical (unpaired) electrons. The molecule has 3 heteroatoms. The van der Waals surface area contributed by atoms with Crippen molar-refractivity contribution in [3.8, 4) is 0 Å². The largest absolute Gasteiger partial charge is 0.279 e. The number of benzene rings is 2. The van der Waals surface area contributed by atoms with E-state index in [1.165, 1.54) is 49.7 Å². The molecule has 3 nitrogen and oxygen atoms in total. The van der Waals surface area contributed by atoms with Crippen LogP contribution in [0.5, 0.6) is 0 Å². The summed E-state index contributed by atoms with van der Waals surface area (Å²) in [7, 11) is 0. The Labute approximate surface area is 256 Å².